The fourth-order valence-corrected chi connectivity index (χ4v) is 0.380. The number of carbonyl (C=O) groups is 1. The van der Waals surface area contributed by atoms with Crippen LogP contribution in [-0.4, -0.2) is 31.3 Å². The minimum atomic E-state index is -1.03. The van der Waals surface area contributed by atoms with Crippen LogP contribution >= 0.6 is 0 Å². The molecule has 2 N–H and O–H groups in total. The molecule has 0 unspecified atom stereocenters. The summed E-state index contributed by atoms with van der Waals surface area (Å²) in [5.74, 6) is -1.03. The van der Waals surface area contributed by atoms with Gasteiger partial charge in [-0.3, -0.25) is 0 Å². The fourth-order valence-electron chi connectivity index (χ4n) is 0.380. The van der Waals surface area contributed by atoms with Gasteiger partial charge >= 0.3 is 5.97 Å². The molecule has 0 aromatic carbocycles. The van der Waals surface area contributed by atoms with Crippen molar-refractivity contribution in [3.05, 3.63) is 12.3 Å². The van der Waals surface area contributed by atoms with Crippen molar-refractivity contribution in [3.63, 3.8) is 0 Å². The van der Waals surface area contributed by atoms with Crippen molar-refractivity contribution < 1.29 is 14.6 Å². The molecule has 0 rings (SSSR count). The summed E-state index contributed by atoms with van der Waals surface area (Å²) in [5.41, 5.74) is -0.00273. The highest BCUT2D eigenvalue weighted by Crippen LogP contribution is 1.80. The predicted molar refractivity (Wildman–Crippen MR) is 36.7 cm³/mol. The molecule has 0 fully saturated rings. The van der Waals surface area contributed by atoms with E-state index >= 15 is 0 Å². The zero-order chi connectivity index (χ0) is 7.98. The van der Waals surface area contributed by atoms with Gasteiger partial charge in [-0.05, 0) is 0 Å². The molecule has 0 aromatic heterocycles. The smallest absolute Gasteiger partial charge is 0.351 e. The van der Waals surface area contributed by atoms with E-state index in [-0.39, 0.29) is 5.70 Å². The summed E-state index contributed by atoms with van der Waals surface area (Å²) >= 11 is 0. The van der Waals surface area contributed by atoms with E-state index in [0.29, 0.717) is 13.2 Å². The second kappa shape index (κ2) is 4.81. The molecular weight excluding hydrogens is 134 g/mol. The standard InChI is InChI=1S/C6H11NO3/c1-5(6(8)9)7-3-4-10-2/h7H,1,3-4H2,2H3,(H,8,9). The third-order valence-corrected chi connectivity index (χ3v) is 0.903. The van der Waals surface area contributed by atoms with Gasteiger partial charge in [0.25, 0.3) is 0 Å². The summed E-state index contributed by atoms with van der Waals surface area (Å²) in [4.78, 5) is 10.1. The minimum absolute atomic E-state index is 0.00273. The predicted octanol–water partition coefficient (Wildman–Crippen LogP) is -0.179. The van der Waals surface area contributed by atoms with E-state index in [1.54, 1.807) is 7.11 Å². The van der Waals surface area contributed by atoms with Crippen molar-refractivity contribution in [2.75, 3.05) is 20.3 Å². The quantitative estimate of drug-likeness (QED) is 0.416. The second-order valence-corrected chi connectivity index (χ2v) is 1.70. The Bertz CT molecular complexity index is 133. The first kappa shape index (κ1) is 8.97. The molecule has 0 atom stereocenters. The Labute approximate surface area is 59.5 Å². The lowest BCUT2D eigenvalue weighted by Gasteiger charge is -2.02. The summed E-state index contributed by atoms with van der Waals surface area (Å²) in [6.07, 6.45) is 0. The van der Waals surface area contributed by atoms with Crippen LogP contribution in [0.2, 0.25) is 0 Å². The molecule has 0 heterocycles. The Kier molecular flexibility index (Phi) is 4.32. The van der Waals surface area contributed by atoms with E-state index in [1.807, 2.05) is 0 Å². The summed E-state index contributed by atoms with van der Waals surface area (Å²) in [7, 11) is 1.55. The van der Waals surface area contributed by atoms with E-state index in [0.717, 1.165) is 0 Å². The van der Waals surface area contributed by atoms with E-state index < -0.39 is 5.97 Å². The van der Waals surface area contributed by atoms with Crippen molar-refractivity contribution >= 4 is 5.97 Å². The maximum absolute atomic E-state index is 10.1. The normalized spacial score (nSPS) is 8.90. The minimum Gasteiger partial charge on any atom is -0.477 e. The van der Waals surface area contributed by atoms with Crippen molar-refractivity contribution in [1.29, 1.82) is 0 Å². The molecule has 0 aromatic rings. The molecule has 0 aliphatic rings. The van der Waals surface area contributed by atoms with Crippen LogP contribution in [0.15, 0.2) is 12.3 Å². The van der Waals surface area contributed by atoms with Gasteiger partial charge in [0.2, 0.25) is 0 Å². The number of methoxy groups -OCH3 is 1. The van der Waals surface area contributed by atoms with Gasteiger partial charge in [-0.15, -0.1) is 0 Å². The van der Waals surface area contributed by atoms with Crippen molar-refractivity contribution in [1.82, 2.24) is 5.32 Å². The molecule has 0 saturated heterocycles. The molecule has 4 nitrogen and oxygen atoms in total. The lowest BCUT2D eigenvalue weighted by atomic mass is 10.5. The zero-order valence-electron chi connectivity index (χ0n) is 5.89. The fraction of sp³-hybridized carbons (Fsp3) is 0.500. The van der Waals surface area contributed by atoms with Crippen LogP contribution in [0.1, 0.15) is 0 Å². The summed E-state index contributed by atoms with van der Waals surface area (Å²) < 4.78 is 4.68. The monoisotopic (exact) mass is 145 g/mol. The highest BCUT2D eigenvalue weighted by molar-refractivity contribution is 5.84. The van der Waals surface area contributed by atoms with E-state index in [4.69, 9.17) is 5.11 Å². The van der Waals surface area contributed by atoms with Crippen LogP contribution < -0.4 is 5.32 Å². The van der Waals surface area contributed by atoms with Crippen LogP contribution in [-0.2, 0) is 9.53 Å². The lowest BCUT2D eigenvalue weighted by molar-refractivity contribution is -0.133. The highest BCUT2D eigenvalue weighted by atomic mass is 16.5. The van der Waals surface area contributed by atoms with Gasteiger partial charge in [-0.1, -0.05) is 6.58 Å². The SMILES string of the molecule is C=C(NCCOC)C(=O)O. The van der Waals surface area contributed by atoms with E-state index in [2.05, 4.69) is 16.6 Å². The zero-order valence-corrected chi connectivity index (χ0v) is 5.89. The Morgan fingerprint density at radius 1 is 1.80 bits per heavy atom. The molecule has 58 valence electrons. The maximum Gasteiger partial charge on any atom is 0.351 e. The summed E-state index contributed by atoms with van der Waals surface area (Å²) in [6, 6.07) is 0. The number of rotatable bonds is 5. The Hall–Kier alpha value is -1.03. The Morgan fingerprint density at radius 2 is 2.40 bits per heavy atom. The van der Waals surface area contributed by atoms with Gasteiger partial charge in [-0.2, -0.15) is 0 Å². The van der Waals surface area contributed by atoms with Crippen LogP contribution in [0.5, 0.6) is 0 Å². The summed E-state index contributed by atoms with van der Waals surface area (Å²) in [5, 5.41) is 10.8. The molecule has 4 heteroatoms. The number of ether oxygens (including phenoxy) is 1. The number of nitrogens with one attached hydrogen (secondary N) is 1. The highest BCUT2D eigenvalue weighted by Gasteiger charge is 1.99. The van der Waals surface area contributed by atoms with Gasteiger partial charge in [0.05, 0.1) is 6.61 Å². The average Bonchev–Trinajstić information content (AvgIpc) is 1.88. The van der Waals surface area contributed by atoms with Gasteiger partial charge in [0.15, 0.2) is 0 Å². The van der Waals surface area contributed by atoms with Gasteiger partial charge < -0.3 is 15.2 Å². The molecule has 0 aliphatic carbocycles. The number of carboxylic acid groups (broad SMARTS) is 1. The maximum atomic E-state index is 10.1. The van der Waals surface area contributed by atoms with Gasteiger partial charge in [0, 0.05) is 13.7 Å². The van der Waals surface area contributed by atoms with Crippen molar-refractivity contribution in [3.8, 4) is 0 Å². The third kappa shape index (κ3) is 3.91. The first-order valence-corrected chi connectivity index (χ1v) is 2.83. The second-order valence-electron chi connectivity index (χ2n) is 1.70. The number of aliphatic carboxylic acids is 1. The first-order chi connectivity index (χ1) is 4.68. The largest absolute Gasteiger partial charge is 0.477 e. The molecule has 0 radical (unpaired) electrons. The summed E-state index contributed by atoms with van der Waals surface area (Å²) in [6.45, 7) is 4.21. The first-order valence-electron chi connectivity index (χ1n) is 2.83. The number of hydrogen-bond donors (Lipinski definition) is 2. The molecule has 0 saturated carbocycles. The average molecular weight is 145 g/mol. The lowest BCUT2D eigenvalue weighted by Crippen LogP contribution is -2.22. The number of carboxylic acids is 1. The van der Waals surface area contributed by atoms with Crippen LogP contribution in [0, 0.1) is 0 Å². The molecule has 0 bridgehead atoms. The Balaban J connectivity index is 3.31. The van der Waals surface area contributed by atoms with Crippen molar-refractivity contribution in [2.45, 2.75) is 0 Å². The van der Waals surface area contributed by atoms with Gasteiger partial charge in [-0.25, -0.2) is 4.79 Å². The molecular formula is C6H11NO3. The molecule has 0 aliphatic heterocycles. The van der Waals surface area contributed by atoms with Crippen LogP contribution in [0.3, 0.4) is 0 Å². The molecule has 10 heavy (non-hydrogen) atoms. The topological polar surface area (TPSA) is 58.6 Å². The van der Waals surface area contributed by atoms with Gasteiger partial charge in [0.1, 0.15) is 5.70 Å². The van der Waals surface area contributed by atoms with Crippen LogP contribution in [0.25, 0.3) is 0 Å². The number of hydrogen-bond acceptors (Lipinski definition) is 3. The van der Waals surface area contributed by atoms with Crippen LogP contribution in [0.4, 0.5) is 0 Å². The van der Waals surface area contributed by atoms with E-state index in [1.165, 1.54) is 0 Å². The Morgan fingerprint density at radius 3 is 2.80 bits per heavy atom. The van der Waals surface area contributed by atoms with Crippen molar-refractivity contribution in [2.24, 2.45) is 0 Å². The van der Waals surface area contributed by atoms with E-state index in [9.17, 15) is 4.79 Å². The molecule has 0 spiro atoms. The third-order valence-electron chi connectivity index (χ3n) is 0.903. The molecule has 0 amide bonds.